The van der Waals surface area contributed by atoms with Gasteiger partial charge in [0.15, 0.2) is 0 Å². The van der Waals surface area contributed by atoms with Gasteiger partial charge in [0.1, 0.15) is 11.4 Å². The molecule has 1 aliphatic heterocycles. The van der Waals surface area contributed by atoms with Gasteiger partial charge >= 0.3 is 0 Å². The maximum Gasteiger partial charge on any atom is 0.270 e. The van der Waals surface area contributed by atoms with Gasteiger partial charge in [0, 0.05) is 57.8 Å². The van der Waals surface area contributed by atoms with Crippen LogP contribution in [0.4, 0.5) is 11.6 Å². The van der Waals surface area contributed by atoms with Crippen molar-refractivity contribution in [1.29, 1.82) is 0 Å². The summed E-state index contributed by atoms with van der Waals surface area (Å²) in [7, 11) is 3.32. The summed E-state index contributed by atoms with van der Waals surface area (Å²) in [5.41, 5.74) is 2.36. The van der Waals surface area contributed by atoms with Crippen molar-refractivity contribution in [2.75, 3.05) is 63.4 Å². The summed E-state index contributed by atoms with van der Waals surface area (Å²) in [4.78, 5) is 25.9. The van der Waals surface area contributed by atoms with E-state index in [2.05, 4.69) is 37.2 Å². The molecular formula is C21H29N5O3. The van der Waals surface area contributed by atoms with Crippen LogP contribution in [0.3, 0.4) is 0 Å². The van der Waals surface area contributed by atoms with E-state index in [0.717, 1.165) is 44.0 Å². The molecule has 0 aliphatic carbocycles. The van der Waals surface area contributed by atoms with E-state index >= 15 is 0 Å². The number of anilines is 2. The van der Waals surface area contributed by atoms with E-state index in [-0.39, 0.29) is 5.91 Å². The highest BCUT2D eigenvalue weighted by molar-refractivity contribution is 5.92. The second kappa shape index (κ2) is 10.1. The first-order valence-corrected chi connectivity index (χ1v) is 9.87. The van der Waals surface area contributed by atoms with E-state index in [9.17, 15) is 4.79 Å². The van der Waals surface area contributed by atoms with Crippen LogP contribution in [0.1, 0.15) is 22.6 Å². The van der Waals surface area contributed by atoms with Crippen molar-refractivity contribution < 1.29 is 14.3 Å². The molecule has 3 rings (SSSR count). The molecule has 1 aromatic heterocycles. The standard InChI is InChI=1S/C21H29N5O3/c1-16-15-19(20(27)22-9-4-14-28-2)24-21(23-16)26-12-10-25(11-13-26)17-5-7-18(29-3)8-6-17/h5-8,15H,4,9-14H2,1-3H3,(H,22,27). The van der Waals surface area contributed by atoms with Gasteiger partial charge in [-0.25, -0.2) is 9.97 Å². The lowest BCUT2D eigenvalue weighted by atomic mass is 10.2. The summed E-state index contributed by atoms with van der Waals surface area (Å²) in [6.45, 7) is 6.39. The summed E-state index contributed by atoms with van der Waals surface area (Å²) in [6.07, 6.45) is 0.770. The number of hydrogen-bond acceptors (Lipinski definition) is 7. The van der Waals surface area contributed by atoms with Gasteiger partial charge in [-0.2, -0.15) is 0 Å². The number of benzene rings is 1. The van der Waals surface area contributed by atoms with Gasteiger partial charge in [0.05, 0.1) is 7.11 Å². The van der Waals surface area contributed by atoms with E-state index in [1.807, 2.05) is 19.1 Å². The molecule has 8 nitrogen and oxygen atoms in total. The second-order valence-corrected chi connectivity index (χ2v) is 6.97. The van der Waals surface area contributed by atoms with Gasteiger partial charge in [-0.05, 0) is 43.7 Å². The molecule has 8 heteroatoms. The number of rotatable bonds is 8. The average Bonchev–Trinajstić information content (AvgIpc) is 2.76. The minimum Gasteiger partial charge on any atom is -0.497 e. The Kier molecular flexibility index (Phi) is 7.24. The van der Waals surface area contributed by atoms with E-state index in [4.69, 9.17) is 9.47 Å². The third kappa shape index (κ3) is 5.57. The lowest BCUT2D eigenvalue weighted by Gasteiger charge is -2.36. The number of amides is 1. The predicted molar refractivity (Wildman–Crippen MR) is 113 cm³/mol. The zero-order chi connectivity index (χ0) is 20.6. The number of carbonyl (C=O) groups is 1. The molecule has 1 aromatic carbocycles. The van der Waals surface area contributed by atoms with Crippen LogP contribution >= 0.6 is 0 Å². The summed E-state index contributed by atoms with van der Waals surface area (Å²) < 4.78 is 10.2. The maximum atomic E-state index is 12.4. The first-order chi connectivity index (χ1) is 14.1. The van der Waals surface area contributed by atoms with Crippen LogP contribution in [0.5, 0.6) is 5.75 Å². The van der Waals surface area contributed by atoms with Gasteiger partial charge in [-0.1, -0.05) is 0 Å². The molecule has 156 valence electrons. The maximum absolute atomic E-state index is 12.4. The normalized spacial score (nSPS) is 14.0. The van der Waals surface area contributed by atoms with Crippen LogP contribution in [0.25, 0.3) is 0 Å². The molecule has 0 saturated carbocycles. The molecule has 1 amide bonds. The van der Waals surface area contributed by atoms with E-state index in [0.29, 0.717) is 24.8 Å². The molecule has 0 bridgehead atoms. The summed E-state index contributed by atoms with van der Waals surface area (Å²) in [6, 6.07) is 9.82. The summed E-state index contributed by atoms with van der Waals surface area (Å²) in [5.74, 6) is 1.29. The van der Waals surface area contributed by atoms with Crippen LogP contribution in [-0.2, 0) is 4.74 Å². The Morgan fingerprint density at radius 2 is 1.76 bits per heavy atom. The van der Waals surface area contributed by atoms with Crippen molar-refractivity contribution in [3.8, 4) is 5.75 Å². The fraction of sp³-hybridized carbons (Fsp3) is 0.476. The monoisotopic (exact) mass is 399 g/mol. The lowest BCUT2D eigenvalue weighted by molar-refractivity contribution is 0.0943. The van der Waals surface area contributed by atoms with Crippen molar-refractivity contribution in [3.63, 3.8) is 0 Å². The largest absolute Gasteiger partial charge is 0.497 e. The zero-order valence-electron chi connectivity index (χ0n) is 17.4. The van der Waals surface area contributed by atoms with Crippen LogP contribution in [0, 0.1) is 6.92 Å². The number of ether oxygens (including phenoxy) is 2. The van der Waals surface area contributed by atoms with Crippen molar-refractivity contribution in [3.05, 3.63) is 41.7 Å². The van der Waals surface area contributed by atoms with Crippen LogP contribution in [0.15, 0.2) is 30.3 Å². The molecule has 0 atom stereocenters. The minimum atomic E-state index is -0.176. The van der Waals surface area contributed by atoms with Crippen molar-refractivity contribution in [1.82, 2.24) is 15.3 Å². The molecule has 1 saturated heterocycles. The smallest absolute Gasteiger partial charge is 0.270 e. The SMILES string of the molecule is COCCCNC(=O)c1cc(C)nc(N2CCN(c3ccc(OC)cc3)CC2)n1. The van der Waals surface area contributed by atoms with Gasteiger partial charge in [0.25, 0.3) is 5.91 Å². The Bertz CT molecular complexity index is 804. The molecule has 0 radical (unpaired) electrons. The summed E-state index contributed by atoms with van der Waals surface area (Å²) >= 11 is 0. The highest BCUT2D eigenvalue weighted by Gasteiger charge is 2.21. The molecule has 1 aliphatic rings. The number of piperazine rings is 1. The number of methoxy groups -OCH3 is 2. The molecule has 0 unspecified atom stereocenters. The first-order valence-electron chi connectivity index (χ1n) is 9.87. The number of aryl methyl sites for hydroxylation is 1. The average molecular weight is 399 g/mol. The second-order valence-electron chi connectivity index (χ2n) is 6.97. The van der Waals surface area contributed by atoms with E-state index in [1.54, 1.807) is 20.3 Å². The topological polar surface area (TPSA) is 79.8 Å². The number of hydrogen-bond donors (Lipinski definition) is 1. The molecular weight excluding hydrogens is 370 g/mol. The van der Waals surface area contributed by atoms with Gasteiger partial charge in [0.2, 0.25) is 5.95 Å². The zero-order valence-corrected chi connectivity index (χ0v) is 17.4. The molecule has 2 aromatic rings. The molecule has 0 spiro atoms. The van der Waals surface area contributed by atoms with Gasteiger partial charge < -0.3 is 24.6 Å². The Morgan fingerprint density at radius 1 is 1.07 bits per heavy atom. The van der Waals surface area contributed by atoms with Gasteiger partial charge in [-0.3, -0.25) is 4.79 Å². The Morgan fingerprint density at radius 3 is 2.41 bits per heavy atom. The molecule has 2 heterocycles. The van der Waals surface area contributed by atoms with Crippen molar-refractivity contribution >= 4 is 17.5 Å². The molecule has 1 N–H and O–H groups in total. The van der Waals surface area contributed by atoms with Gasteiger partial charge in [-0.15, -0.1) is 0 Å². The molecule has 29 heavy (non-hydrogen) atoms. The fourth-order valence-electron chi connectivity index (χ4n) is 3.28. The Labute approximate surface area is 171 Å². The Balaban J connectivity index is 1.61. The van der Waals surface area contributed by atoms with Crippen molar-refractivity contribution in [2.45, 2.75) is 13.3 Å². The van der Waals surface area contributed by atoms with Crippen LogP contribution in [-0.4, -0.2) is 69.4 Å². The number of carbonyl (C=O) groups excluding carboxylic acids is 1. The number of aromatic nitrogens is 2. The van der Waals surface area contributed by atoms with E-state index < -0.39 is 0 Å². The minimum absolute atomic E-state index is 0.176. The van der Waals surface area contributed by atoms with Crippen LogP contribution in [0.2, 0.25) is 0 Å². The predicted octanol–water partition coefficient (Wildman–Crippen LogP) is 1.89. The lowest BCUT2D eigenvalue weighted by Crippen LogP contribution is -2.47. The third-order valence-electron chi connectivity index (χ3n) is 4.89. The number of nitrogens with zero attached hydrogens (tertiary/aromatic N) is 4. The van der Waals surface area contributed by atoms with Crippen molar-refractivity contribution in [2.24, 2.45) is 0 Å². The Hall–Kier alpha value is -2.87. The number of nitrogens with one attached hydrogen (secondary N) is 1. The van der Waals surface area contributed by atoms with Crippen LogP contribution < -0.4 is 19.9 Å². The third-order valence-corrected chi connectivity index (χ3v) is 4.89. The fourth-order valence-corrected chi connectivity index (χ4v) is 3.28. The highest BCUT2D eigenvalue weighted by atomic mass is 16.5. The van der Waals surface area contributed by atoms with E-state index in [1.165, 1.54) is 5.69 Å². The quantitative estimate of drug-likeness (QED) is 0.679. The first kappa shape index (κ1) is 20.9. The highest BCUT2D eigenvalue weighted by Crippen LogP contribution is 2.22. The molecule has 1 fully saturated rings. The summed E-state index contributed by atoms with van der Waals surface area (Å²) in [5, 5.41) is 2.88.